The molecule has 6 heteroatoms. The standard InChI is InChI=1S/C9H9N3O2S/c1-5-4-15-8(10-5)6-3-12(2)9(14)11-7(6)13/h3-4H,1-2H3,(H,11,13,14). The number of rotatable bonds is 1. The molecule has 0 spiro atoms. The van der Waals surface area contributed by atoms with Crippen molar-refractivity contribution < 1.29 is 0 Å². The van der Waals surface area contributed by atoms with E-state index in [0.29, 0.717) is 10.6 Å². The van der Waals surface area contributed by atoms with E-state index in [-0.39, 0.29) is 0 Å². The fraction of sp³-hybridized carbons (Fsp3) is 0.222. The van der Waals surface area contributed by atoms with Crippen LogP contribution < -0.4 is 11.2 Å². The maximum absolute atomic E-state index is 11.5. The smallest absolute Gasteiger partial charge is 0.303 e. The second kappa shape index (κ2) is 3.47. The summed E-state index contributed by atoms with van der Waals surface area (Å²) in [5, 5.41) is 2.49. The summed E-state index contributed by atoms with van der Waals surface area (Å²) >= 11 is 1.38. The number of nitrogens with zero attached hydrogens (tertiary/aromatic N) is 2. The minimum Gasteiger partial charge on any atom is -0.303 e. The largest absolute Gasteiger partial charge is 0.328 e. The third kappa shape index (κ3) is 1.75. The van der Waals surface area contributed by atoms with Gasteiger partial charge in [-0.3, -0.25) is 9.78 Å². The molecule has 0 aliphatic rings. The van der Waals surface area contributed by atoms with Crippen molar-refractivity contribution in [3.63, 3.8) is 0 Å². The molecule has 2 rings (SSSR count). The highest BCUT2D eigenvalue weighted by Crippen LogP contribution is 2.18. The highest BCUT2D eigenvalue weighted by molar-refractivity contribution is 7.13. The molecule has 78 valence electrons. The molecule has 15 heavy (non-hydrogen) atoms. The summed E-state index contributed by atoms with van der Waals surface area (Å²) in [5.41, 5.74) is 0.475. The second-order valence-electron chi connectivity index (χ2n) is 3.21. The Kier molecular flexibility index (Phi) is 2.28. The summed E-state index contributed by atoms with van der Waals surface area (Å²) in [6.45, 7) is 1.86. The Morgan fingerprint density at radius 3 is 2.80 bits per heavy atom. The topological polar surface area (TPSA) is 67.8 Å². The molecular weight excluding hydrogens is 214 g/mol. The van der Waals surface area contributed by atoms with Gasteiger partial charge in [0.2, 0.25) is 0 Å². The molecule has 0 saturated heterocycles. The van der Waals surface area contributed by atoms with E-state index in [1.165, 1.54) is 22.1 Å². The van der Waals surface area contributed by atoms with Gasteiger partial charge in [-0.25, -0.2) is 9.78 Å². The minimum absolute atomic E-state index is 0.396. The molecule has 2 heterocycles. The predicted octanol–water partition coefficient (Wildman–Crippen LogP) is 0.506. The Morgan fingerprint density at radius 2 is 2.20 bits per heavy atom. The van der Waals surface area contributed by atoms with E-state index in [9.17, 15) is 9.59 Å². The Balaban J connectivity index is 2.68. The van der Waals surface area contributed by atoms with Crippen molar-refractivity contribution in [1.29, 1.82) is 0 Å². The van der Waals surface area contributed by atoms with Crippen molar-refractivity contribution in [2.75, 3.05) is 0 Å². The van der Waals surface area contributed by atoms with Gasteiger partial charge in [-0.15, -0.1) is 11.3 Å². The van der Waals surface area contributed by atoms with Gasteiger partial charge < -0.3 is 4.57 Å². The third-order valence-corrected chi connectivity index (χ3v) is 2.95. The Labute approximate surface area is 89.1 Å². The first-order chi connectivity index (χ1) is 7.08. The zero-order valence-corrected chi connectivity index (χ0v) is 9.09. The average Bonchev–Trinajstić information content (AvgIpc) is 2.58. The summed E-state index contributed by atoms with van der Waals surface area (Å²) in [6, 6.07) is 0. The molecule has 0 radical (unpaired) electrons. The lowest BCUT2D eigenvalue weighted by molar-refractivity contribution is 0.802. The maximum atomic E-state index is 11.5. The molecule has 0 saturated carbocycles. The summed E-state index contributed by atoms with van der Waals surface area (Å²) in [4.78, 5) is 29.0. The average molecular weight is 223 g/mol. The van der Waals surface area contributed by atoms with Gasteiger partial charge in [0, 0.05) is 24.3 Å². The van der Waals surface area contributed by atoms with Crippen LogP contribution in [0.1, 0.15) is 5.69 Å². The van der Waals surface area contributed by atoms with Crippen molar-refractivity contribution in [3.8, 4) is 10.6 Å². The van der Waals surface area contributed by atoms with E-state index in [2.05, 4.69) is 9.97 Å². The number of aryl methyl sites for hydroxylation is 2. The highest BCUT2D eigenvalue weighted by Gasteiger charge is 2.08. The normalized spacial score (nSPS) is 10.5. The van der Waals surface area contributed by atoms with Crippen LogP contribution in [-0.4, -0.2) is 14.5 Å². The number of nitrogens with one attached hydrogen (secondary N) is 1. The van der Waals surface area contributed by atoms with Crippen molar-refractivity contribution in [1.82, 2.24) is 14.5 Å². The number of aromatic nitrogens is 3. The Bertz CT molecular complexity index is 608. The van der Waals surface area contributed by atoms with Crippen LogP contribution in [0.3, 0.4) is 0 Å². The van der Waals surface area contributed by atoms with Crippen LogP contribution in [0, 0.1) is 6.92 Å². The quantitative estimate of drug-likeness (QED) is 0.765. The van der Waals surface area contributed by atoms with Crippen molar-refractivity contribution >= 4 is 11.3 Å². The molecule has 2 aromatic heterocycles. The number of hydrogen-bond acceptors (Lipinski definition) is 4. The van der Waals surface area contributed by atoms with E-state index in [1.807, 2.05) is 12.3 Å². The van der Waals surface area contributed by atoms with Gasteiger partial charge in [0.1, 0.15) is 5.01 Å². The summed E-state index contributed by atoms with van der Waals surface area (Å²) in [6.07, 6.45) is 1.50. The minimum atomic E-state index is -0.419. The zero-order valence-electron chi connectivity index (χ0n) is 8.27. The van der Waals surface area contributed by atoms with E-state index >= 15 is 0 Å². The lowest BCUT2D eigenvalue weighted by Crippen LogP contribution is -2.28. The molecule has 0 bridgehead atoms. The highest BCUT2D eigenvalue weighted by atomic mass is 32.1. The number of hydrogen-bond donors (Lipinski definition) is 1. The van der Waals surface area contributed by atoms with Crippen molar-refractivity contribution in [2.45, 2.75) is 6.92 Å². The van der Waals surface area contributed by atoms with Gasteiger partial charge in [0.25, 0.3) is 5.56 Å². The summed E-state index contributed by atoms with van der Waals surface area (Å²) in [7, 11) is 1.59. The molecule has 5 nitrogen and oxygen atoms in total. The van der Waals surface area contributed by atoms with Crippen LogP contribution in [0.4, 0.5) is 0 Å². The van der Waals surface area contributed by atoms with Crippen LogP contribution in [-0.2, 0) is 7.05 Å². The van der Waals surface area contributed by atoms with Crippen molar-refractivity contribution in [3.05, 3.63) is 38.1 Å². The molecule has 0 aliphatic heterocycles. The molecule has 0 amide bonds. The van der Waals surface area contributed by atoms with Gasteiger partial charge in [-0.05, 0) is 6.92 Å². The predicted molar refractivity (Wildman–Crippen MR) is 58.1 cm³/mol. The SMILES string of the molecule is Cc1csc(-c2cn(C)c(=O)[nH]c2=O)n1. The van der Waals surface area contributed by atoms with Crippen LogP contribution >= 0.6 is 11.3 Å². The molecule has 0 fully saturated rings. The number of H-pyrrole nitrogens is 1. The molecule has 0 unspecified atom stereocenters. The van der Waals surface area contributed by atoms with E-state index < -0.39 is 11.2 Å². The zero-order chi connectivity index (χ0) is 11.0. The van der Waals surface area contributed by atoms with Crippen LogP contribution in [0.2, 0.25) is 0 Å². The molecular formula is C9H9N3O2S. The Hall–Kier alpha value is -1.69. The maximum Gasteiger partial charge on any atom is 0.328 e. The molecule has 0 aromatic carbocycles. The lowest BCUT2D eigenvalue weighted by Gasteiger charge is -1.98. The Morgan fingerprint density at radius 1 is 1.47 bits per heavy atom. The first kappa shape index (κ1) is 9.85. The first-order valence-corrected chi connectivity index (χ1v) is 5.18. The molecule has 0 aliphatic carbocycles. The molecule has 2 aromatic rings. The van der Waals surface area contributed by atoms with E-state index in [1.54, 1.807) is 7.05 Å². The fourth-order valence-corrected chi connectivity index (χ4v) is 2.00. The lowest BCUT2D eigenvalue weighted by atomic mass is 10.3. The van der Waals surface area contributed by atoms with Gasteiger partial charge >= 0.3 is 5.69 Å². The van der Waals surface area contributed by atoms with E-state index in [4.69, 9.17) is 0 Å². The van der Waals surface area contributed by atoms with E-state index in [0.717, 1.165) is 5.69 Å². The monoisotopic (exact) mass is 223 g/mol. The van der Waals surface area contributed by atoms with Crippen LogP contribution in [0.5, 0.6) is 0 Å². The number of thiazole rings is 1. The molecule has 0 atom stereocenters. The summed E-state index contributed by atoms with van der Waals surface area (Å²) < 4.78 is 1.33. The second-order valence-corrected chi connectivity index (χ2v) is 4.07. The van der Waals surface area contributed by atoms with Gasteiger partial charge in [-0.2, -0.15) is 0 Å². The molecule has 1 N–H and O–H groups in total. The van der Waals surface area contributed by atoms with Gasteiger partial charge in [-0.1, -0.05) is 0 Å². The third-order valence-electron chi connectivity index (χ3n) is 1.96. The van der Waals surface area contributed by atoms with Gasteiger partial charge in [0.05, 0.1) is 5.56 Å². The van der Waals surface area contributed by atoms with Crippen LogP contribution in [0.25, 0.3) is 10.6 Å². The fourth-order valence-electron chi connectivity index (χ4n) is 1.19. The first-order valence-electron chi connectivity index (χ1n) is 4.30. The number of aromatic amines is 1. The van der Waals surface area contributed by atoms with Crippen molar-refractivity contribution in [2.24, 2.45) is 7.05 Å². The summed E-state index contributed by atoms with van der Waals surface area (Å²) in [5.74, 6) is 0. The van der Waals surface area contributed by atoms with Crippen LogP contribution in [0.15, 0.2) is 21.2 Å². The van der Waals surface area contributed by atoms with Gasteiger partial charge in [0.15, 0.2) is 0 Å².